The van der Waals surface area contributed by atoms with Crippen molar-refractivity contribution < 1.29 is 4.39 Å². The van der Waals surface area contributed by atoms with Crippen LogP contribution in [0, 0.1) is 12.7 Å². The number of H-pyrrole nitrogens is 1. The van der Waals surface area contributed by atoms with Crippen LogP contribution in [0.4, 0.5) is 4.39 Å². The number of aromatic amines is 1. The molecule has 1 heterocycles. The maximum Gasteiger partial charge on any atom is 0.328 e. The lowest BCUT2D eigenvalue weighted by atomic mass is 10.0. The number of hydrogen-bond donors (Lipinski definition) is 2. The van der Waals surface area contributed by atoms with E-state index in [-0.39, 0.29) is 11.5 Å². The van der Waals surface area contributed by atoms with Crippen LogP contribution in [0.15, 0.2) is 34.0 Å². The summed E-state index contributed by atoms with van der Waals surface area (Å²) in [5, 5.41) is 0. The fraction of sp³-hybridized carbons (Fsp3) is 0.154. The van der Waals surface area contributed by atoms with Crippen molar-refractivity contribution in [1.82, 2.24) is 9.55 Å². The van der Waals surface area contributed by atoms with E-state index in [2.05, 4.69) is 0 Å². The Kier molecular flexibility index (Phi) is 3.80. The number of aryl methyl sites for hydroxylation is 1. The van der Waals surface area contributed by atoms with E-state index in [0.29, 0.717) is 0 Å². The number of nitrogens with one attached hydrogen (secondary N) is 1. The number of hydrogen-bond acceptors (Lipinski definition) is 3. The quantitative estimate of drug-likeness (QED) is 0.815. The Morgan fingerprint density at radius 3 is 2.75 bits per heavy atom. The highest BCUT2D eigenvalue weighted by Gasteiger charge is 2.07. The van der Waals surface area contributed by atoms with Gasteiger partial charge in [-0.05, 0) is 24.1 Å². The van der Waals surface area contributed by atoms with E-state index in [0.717, 1.165) is 27.5 Å². The molecule has 0 radical (unpaired) electrons. The number of aromatic nitrogens is 2. The van der Waals surface area contributed by atoms with Gasteiger partial charge in [0.2, 0.25) is 5.82 Å². The van der Waals surface area contributed by atoms with Gasteiger partial charge in [-0.2, -0.15) is 4.39 Å². The molecular weight excluding hydrogens is 281 g/mol. The van der Waals surface area contributed by atoms with Gasteiger partial charge in [-0.1, -0.05) is 24.4 Å². The number of halogens is 1. The number of thiocarbonyl (C=S) groups is 1. The van der Waals surface area contributed by atoms with E-state index in [1.165, 1.54) is 0 Å². The van der Waals surface area contributed by atoms with E-state index < -0.39 is 17.1 Å². The smallest absolute Gasteiger partial charge is 0.328 e. The van der Waals surface area contributed by atoms with E-state index >= 15 is 0 Å². The fourth-order valence-electron chi connectivity index (χ4n) is 1.81. The standard InChI is InChI=1S/C13H12FN3O2S/c1-7-4-8(11(15)20)2-3-9(7)5-17-6-10(14)12(18)16-13(17)19/h2-4,6H,5H2,1H3,(H2,15,20)(H,16,18,19). The molecule has 0 aliphatic rings. The first-order chi connectivity index (χ1) is 9.38. The van der Waals surface area contributed by atoms with Crippen LogP contribution in [0.2, 0.25) is 0 Å². The molecule has 0 spiro atoms. The lowest BCUT2D eigenvalue weighted by Gasteiger charge is -2.09. The maximum atomic E-state index is 13.2. The zero-order chi connectivity index (χ0) is 14.9. The minimum Gasteiger partial charge on any atom is -0.389 e. The van der Waals surface area contributed by atoms with Crippen LogP contribution in [0.1, 0.15) is 16.7 Å². The molecule has 0 aliphatic carbocycles. The van der Waals surface area contributed by atoms with Crippen molar-refractivity contribution in [2.24, 2.45) is 5.73 Å². The van der Waals surface area contributed by atoms with Gasteiger partial charge in [0, 0.05) is 5.56 Å². The molecule has 0 amide bonds. The zero-order valence-corrected chi connectivity index (χ0v) is 11.5. The molecule has 104 valence electrons. The third-order valence-electron chi connectivity index (χ3n) is 2.94. The Morgan fingerprint density at radius 2 is 2.15 bits per heavy atom. The molecule has 0 bridgehead atoms. The minimum atomic E-state index is -1.02. The van der Waals surface area contributed by atoms with Crippen molar-refractivity contribution in [3.63, 3.8) is 0 Å². The average molecular weight is 293 g/mol. The summed E-state index contributed by atoms with van der Waals surface area (Å²) < 4.78 is 14.3. The van der Waals surface area contributed by atoms with Gasteiger partial charge in [0.1, 0.15) is 4.99 Å². The van der Waals surface area contributed by atoms with E-state index in [1.807, 2.05) is 11.9 Å². The first kappa shape index (κ1) is 14.1. The summed E-state index contributed by atoms with van der Waals surface area (Å²) >= 11 is 4.88. The maximum absolute atomic E-state index is 13.2. The molecule has 20 heavy (non-hydrogen) atoms. The SMILES string of the molecule is Cc1cc(C(N)=S)ccc1Cn1cc(F)c(=O)[nH]c1=O. The van der Waals surface area contributed by atoms with Crippen LogP contribution >= 0.6 is 12.2 Å². The van der Waals surface area contributed by atoms with Crippen LogP contribution in [-0.2, 0) is 6.54 Å². The van der Waals surface area contributed by atoms with Gasteiger partial charge in [-0.25, -0.2) is 4.79 Å². The van der Waals surface area contributed by atoms with Gasteiger partial charge in [0.25, 0.3) is 5.56 Å². The number of benzene rings is 1. The molecule has 0 saturated carbocycles. The van der Waals surface area contributed by atoms with Gasteiger partial charge in [0.15, 0.2) is 0 Å². The highest BCUT2D eigenvalue weighted by Crippen LogP contribution is 2.12. The van der Waals surface area contributed by atoms with Crippen LogP contribution < -0.4 is 17.0 Å². The van der Waals surface area contributed by atoms with Gasteiger partial charge in [-0.15, -0.1) is 0 Å². The second-order valence-electron chi connectivity index (χ2n) is 4.37. The molecule has 2 aromatic rings. The van der Waals surface area contributed by atoms with Gasteiger partial charge in [-0.3, -0.25) is 14.3 Å². The Balaban J connectivity index is 2.40. The van der Waals surface area contributed by atoms with Gasteiger partial charge < -0.3 is 5.73 Å². The number of nitrogens with zero attached hydrogens (tertiary/aromatic N) is 1. The monoisotopic (exact) mass is 293 g/mol. The molecule has 5 nitrogen and oxygen atoms in total. The highest BCUT2D eigenvalue weighted by molar-refractivity contribution is 7.80. The molecule has 7 heteroatoms. The molecule has 0 atom stereocenters. The molecule has 0 unspecified atom stereocenters. The lowest BCUT2D eigenvalue weighted by molar-refractivity contribution is 0.565. The van der Waals surface area contributed by atoms with Crippen LogP contribution in [0.3, 0.4) is 0 Å². The van der Waals surface area contributed by atoms with E-state index in [9.17, 15) is 14.0 Å². The Bertz CT molecular complexity index is 795. The Hall–Kier alpha value is -2.28. The van der Waals surface area contributed by atoms with Crippen LogP contribution in [0.25, 0.3) is 0 Å². The molecule has 1 aromatic carbocycles. The molecule has 2 rings (SSSR count). The predicted octanol–water partition coefficient (Wildman–Crippen LogP) is 0.667. The van der Waals surface area contributed by atoms with E-state index in [1.54, 1.807) is 18.2 Å². The second kappa shape index (κ2) is 5.38. The van der Waals surface area contributed by atoms with Crippen LogP contribution in [-0.4, -0.2) is 14.5 Å². The van der Waals surface area contributed by atoms with Crippen molar-refractivity contribution in [2.45, 2.75) is 13.5 Å². The fourth-order valence-corrected chi connectivity index (χ4v) is 1.94. The average Bonchev–Trinajstić information content (AvgIpc) is 2.37. The number of nitrogens with two attached hydrogens (primary N) is 1. The highest BCUT2D eigenvalue weighted by atomic mass is 32.1. The number of rotatable bonds is 3. The van der Waals surface area contributed by atoms with Gasteiger partial charge in [0.05, 0.1) is 12.7 Å². The van der Waals surface area contributed by atoms with E-state index in [4.69, 9.17) is 18.0 Å². The first-order valence-electron chi connectivity index (χ1n) is 5.77. The summed E-state index contributed by atoms with van der Waals surface area (Å²) in [6.07, 6.45) is 0.891. The minimum absolute atomic E-state index is 0.149. The van der Waals surface area contributed by atoms with Gasteiger partial charge >= 0.3 is 5.69 Å². The predicted molar refractivity (Wildman–Crippen MR) is 77.4 cm³/mol. The third kappa shape index (κ3) is 2.83. The Labute approximate surface area is 118 Å². The Morgan fingerprint density at radius 1 is 1.45 bits per heavy atom. The third-order valence-corrected chi connectivity index (χ3v) is 3.17. The molecule has 0 fully saturated rings. The molecule has 1 aromatic heterocycles. The molecule has 3 N–H and O–H groups in total. The largest absolute Gasteiger partial charge is 0.389 e. The first-order valence-corrected chi connectivity index (χ1v) is 6.18. The van der Waals surface area contributed by atoms with Crippen molar-refractivity contribution >= 4 is 17.2 Å². The van der Waals surface area contributed by atoms with Crippen molar-refractivity contribution in [3.8, 4) is 0 Å². The van der Waals surface area contributed by atoms with Crippen molar-refractivity contribution in [3.05, 3.63) is 67.7 Å². The summed E-state index contributed by atoms with van der Waals surface area (Å²) in [6.45, 7) is 1.99. The lowest BCUT2D eigenvalue weighted by Crippen LogP contribution is -2.31. The topological polar surface area (TPSA) is 80.9 Å². The summed E-state index contributed by atoms with van der Waals surface area (Å²) in [6, 6.07) is 5.29. The summed E-state index contributed by atoms with van der Waals surface area (Å²) in [4.78, 5) is 24.7. The molecular formula is C13H12FN3O2S. The molecule has 0 saturated heterocycles. The van der Waals surface area contributed by atoms with Crippen molar-refractivity contribution in [2.75, 3.05) is 0 Å². The van der Waals surface area contributed by atoms with Crippen molar-refractivity contribution in [1.29, 1.82) is 0 Å². The normalized spacial score (nSPS) is 10.5. The summed E-state index contributed by atoms with van der Waals surface area (Å²) in [5.74, 6) is -0.998. The second-order valence-corrected chi connectivity index (χ2v) is 4.81. The zero-order valence-electron chi connectivity index (χ0n) is 10.6. The molecule has 0 aliphatic heterocycles. The summed E-state index contributed by atoms with van der Waals surface area (Å²) in [7, 11) is 0. The summed E-state index contributed by atoms with van der Waals surface area (Å²) in [5.41, 5.74) is 6.25. The van der Waals surface area contributed by atoms with Crippen LogP contribution in [0.5, 0.6) is 0 Å².